The van der Waals surface area contributed by atoms with Crippen LogP contribution in [-0.4, -0.2) is 40.6 Å². The summed E-state index contributed by atoms with van der Waals surface area (Å²) in [5.41, 5.74) is 1.40. The maximum absolute atomic E-state index is 13.0. The van der Waals surface area contributed by atoms with Gasteiger partial charge in [-0.3, -0.25) is 15.0 Å². The molecule has 8 nitrogen and oxygen atoms in total. The summed E-state index contributed by atoms with van der Waals surface area (Å²) in [7, 11) is 1.51. The van der Waals surface area contributed by atoms with Crippen molar-refractivity contribution >= 4 is 51.6 Å². The van der Waals surface area contributed by atoms with Crippen LogP contribution in [-0.2, 0) is 16.0 Å². The number of methoxy groups -OCH3 is 1. The first-order valence-corrected chi connectivity index (χ1v) is 12.1. The van der Waals surface area contributed by atoms with E-state index >= 15 is 0 Å². The Bertz CT molecular complexity index is 1260. The minimum atomic E-state index is -0.693. The second-order valence-electron chi connectivity index (χ2n) is 7.27. The van der Waals surface area contributed by atoms with Gasteiger partial charge in [0.2, 0.25) is 0 Å². The molecule has 0 unspecified atom stereocenters. The Morgan fingerprint density at radius 3 is 2.68 bits per heavy atom. The van der Waals surface area contributed by atoms with Crippen LogP contribution in [0.15, 0.2) is 53.4 Å². The summed E-state index contributed by atoms with van der Waals surface area (Å²) in [6, 6.07) is 14.3. The molecule has 1 fully saturated rings. The Morgan fingerprint density at radius 2 is 1.97 bits per heavy atom. The van der Waals surface area contributed by atoms with E-state index in [1.165, 1.54) is 18.4 Å². The summed E-state index contributed by atoms with van der Waals surface area (Å²) in [5, 5.41) is 20.9. The lowest BCUT2D eigenvalue weighted by molar-refractivity contribution is -0.118. The van der Waals surface area contributed by atoms with Gasteiger partial charge in [-0.15, -0.1) is 21.5 Å². The highest BCUT2D eigenvalue weighted by Crippen LogP contribution is 2.42. The number of carbonyl (C=O) groups is 2. The van der Waals surface area contributed by atoms with E-state index < -0.39 is 5.92 Å². The topological polar surface area (TPSA) is 114 Å². The van der Waals surface area contributed by atoms with Crippen LogP contribution < -0.4 is 14.8 Å². The van der Waals surface area contributed by atoms with Crippen molar-refractivity contribution in [3.05, 3.63) is 69.0 Å². The molecule has 0 saturated carbocycles. The molecule has 2 N–H and O–H groups in total. The molecule has 1 saturated heterocycles. The zero-order chi connectivity index (χ0) is 24.1. The number of aromatic nitrogens is 2. The maximum Gasteiger partial charge on any atom is 0.262 e. The molecule has 1 atom stereocenters. The van der Waals surface area contributed by atoms with Gasteiger partial charge >= 0.3 is 0 Å². The first-order valence-electron chi connectivity index (χ1n) is 10.5. The first kappa shape index (κ1) is 23.7. The van der Waals surface area contributed by atoms with E-state index in [0.717, 1.165) is 23.2 Å². The average molecular weight is 495 g/mol. The molecule has 2 heterocycles. The third-order valence-corrected chi connectivity index (χ3v) is 7.05. The molecule has 0 radical (unpaired) electrons. The van der Waals surface area contributed by atoms with Crippen LogP contribution in [0.5, 0.6) is 11.5 Å². The Balaban J connectivity index is 1.45. The molecule has 10 heteroatoms. The molecule has 4 rings (SSSR count). The average Bonchev–Trinajstić information content (AvgIpc) is 3.42. The van der Waals surface area contributed by atoms with Crippen LogP contribution in [0.25, 0.3) is 6.08 Å². The summed E-state index contributed by atoms with van der Waals surface area (Å²) in [4.78, 5) is 25.6. The third kappa shape index (κ3) is 5.35. The fourth-order valence-electron chi connectivity index (χ4n) is 3.25. The van der Waals surface area contributed by atoms with Gasteiger partial charge in [0.1, 0.15) is 15.9 Å². The largest absolute Gasteiger partial charge is 0.493 e. The van der Waals surface area contributed by atoms with Crippen molar-refractivity contribution in [2.45, 2.75) is 19.3 Å². The highest BCUT2D eigenvalue weighted by atomic mass is 32.2. The number of Topliss-reactive ketones (excluding diaryl/α,β-unsaturated/α-hetero) is 1. The Labute approximate surface area is 204 Å². The number of amides is 1. The number of thioether (sulfide) groups is 1. The molecule has 2 aromatic carbocycles. The number of ketones is 1. The van der Waals surface area contributed by atoms with E-state index in [4.69, 9.17) is 14.9 Å². The Morgan fingerprint density at radius 1 is 1.18 bits per heavy atom. The quantitative estimate of drug-likeness (QED) is 0.442. The number of para-hydroxylation sites is 1. The minimum absolute atomic E-state index is 0.161. The molecule has 3 aromatic rings. The molecular formula is C24H22N4O4S2. The molecule has 1 aromatic heterocycles. The molecule has 0 aliphatic carbocycles. The minimum Gasteiger partial charge on any atom is -0.493 e. The van der Waals surface area contributed by atoms with Gasteiger partial charge in [-0.2, -0.15) is 0 Å². The van der Waals surface area contributed by atoms with Gasteiger partial charge in [-0.05, 0) is 42.3 Å². The second kappa shape index (κ2) is 10.6. The van der Waals surface area contributed by atoms with Gasteiger partial charge in [-0.1, -0.05) is 43.0 Å². The number of allylic oxidation sites excluding steroid dienone is 1. The number of anilines is 1. The van der Waals surface area contributed by atoms with Gasteiger partial charge in [0.25, 0.3) is 5.91 Å². The molecular weight excluding hydrogens is 472 g/mol. The van der Waals surface area contributed by atoms with Crippen LogP contribution in [0.2, 0.25) is 0 Å². The number of hydrogen-bond donors (Lipinski definition) is 2. The summed E-state index contributed by atoms with van der Waals surface area (Å²) >= 11 is 2.50. The fraction of sp³-hybridized carbons (Fsp3) is 0.208. The van der Waals surface area contributed by atoms with E-state index in [2.05, 4.69) is 15.5 Å². The molecule has 174 valence electrons. The van der Waals surface area contributed by atoms with Crippen LogP contribution in [0, 0.1) is 5.41 Å². The zero-order valence-electron chi connectivity index (χ0n) is 18.5. The lowest BCUT2D eigenvalue weighted by Gasteiger charge is -2.11. The van der Waals surface area contributed by atoms with Gasteiger partial charge < -0.3 is 14.8 Å². The van der Waals surface area contributed by atoms with E-state index in [0.29, 0.717) is 32.7 Å². The lowest BCUT2D eigenvalue weighted by Crippen LogP contribution is -2.20. The molecule has 34 heavy (non-hydrogen) atoms. The molecule has 1 aliphatic heterocycles. The third-order valence-electron chi connectivity index (χ3n) is 4.92. The lowest BCUT2D eigenvalue weighted by atomic mass is 10.1. The summed E-state index contributed by atoms with van der Waals surface area (Å²) in [5.74, 6) is -0.308. The van der Waals surface area contributed by atoms with Crippen molar-refractivity contribution in [2.24, 2.45) is 0 Å². The fourth-order valence-corrected chi connectivity index (χ4v) is 5.20. The molecule has 1 amide bonds. The van der Waals surface area contributed by atoms with E-state index in [9.17, 15) is 9.59 Å². The van der Waals surface area contributed by atoms with Crippen molar-refractivity contribution in [3.8, 4) is 11.5 Å². The number of nitrogens with zero attached hydrogens (tertiary/aromatic N) is 2. The number of aryl methyl sites for hydroxylation is 1. The maximum atomic E-state index is 13.0. The van der Waals surface area contributed by atoms with E-state index in [-0.39, 0.29) is 23.3 Å². The van der Waals surface area contributed by atoms with Gasteiger partial charge in [0, 0.05) is 5.69 Å². The zero-order valence-corrected chi connectivity index (χ0v) is 20.2. The highest BCUT2D eigenvalue weighted by Gasteiger charge is 2.39. The van der Waals surface area contributed by atoms with E-state index in [1.807, 2.05) is 25.1 Å². The predicted octanol–water partition coefficient (Wildman–Crippen LogP) is 4.54. The standard InChI is InChI=1S/C24H22N4O4S2/c1-3-20-27-28-24(34-20)21-22(30)18(33-23(21)25)12-14-9-10-16(17(11-14)31-2)32-13-19(29)26-15-7-5-4-6-8-15/h4-12,21,25H,3,13H2,1-2H3,(H,26,29)/b18-12-,25-23?/t21-/m0/s1. The number of benzene rings is 2. The van der Waals surface area contributed by atoms with Crippen LogP contribution >= 0.6 is 23.1 Å². The summed E-state index contributed by atoms with van der Waals surface area (Å²) < 4.78 is 11.1. The van der Waals surface area contributed by atoms with Crippen molar-refractivity contribution < 1.29 is 19.1 Å². The van der Waals surface area contributed by atoms with Gasteiger partial charge in [-0.25, -0.2) is 0 Å². The number of rotatable bonds is 8. The van der Waals surface area contributed by atoms with Gasteiger partial charge in [0.15, 0.2) is 23.9 Å². The summed E-state index contributed by atoms with van der Waals surface area (Å²) in [6.45, 7) is 1.79. The van der Waals surface area contributed by atoms with Gasteiger partial charge in [0.05, 0.1) is 17.1 Å². The Hall–Kier alpha value is -3.50. The second-order valence-corrected chi connectivity index (χ2v) is 9.45. The van der Waals surface area contributed by atoms with Crippen LogP contribution in [0.4, 0.5) is 5.69 Å². The monoisotopic (exact) mass is 494 g/mol. The van der Waals surface area contributed by atoms with Crippen molar-refractivity contribution in [1.29, 1.82) is 5.41 Å². The molecule has 1 aliphatic rings. The number of ether oxygens (including phenoxy) is 2. The molecule has 0 spiro atoms. The molecule has 0 bridgehead atoms. The SMILES string of the molecule is CCc1nnc([C@@H]2C(=N)S/C(=C\c3ccc(OCC(=O)Nc4ccccc4)c(OC)c3)C2=O)s1. The smallest absolute Gasteiger partial charge is 0.262 e. The van der Waals surface area contributed by atoms with Crippen molar-refractivity contribution in [2.75, 3.05) is 19.0 Å². The Kier molecular flexibility index (Phi) is 7.39. The van der Waals surface area contributed by atoms with Crippen LogP contribution in [0.1, 0.15) is 28.4 Å². The summed E-state index contributed by atoms with van der Waals surface area (Å²) in [6.07, 6.45) is 2.46. The first-order chi connectivity index (χ1) is 16.5. The van der Waals surface area contributed by atoms with Crippen LogP contribution in [0.3, 0.4) is 0 Å². The number of carbonyl (C=O) groups excluding carboxylic acids is 2. The van der Waals surface area contributed by atoms with Crippen molar-refractivity contribution in [3.63, 3.8) is 0 Å². The van der Waals surface area contributed by atoms with E-state index in [1.54, 1.807) is 36.4 Å². The highest BCUT2D eigenvalue weighted by molar-refractivity contribution is 8.19. The predicted molar refractivity (Wildman–Crippen MR) is 134 cm³/mol. The number of nitrogens with one attached hydrogen (secondary N) is 2. The number of hydrogen-bond acceptors (Lipinski definition) is 9. The van der Waals surface area contributed by atoms with Crippen molar-refractivity contribution in [1.82, 2.24) is 10.2 Å². The normalized spacial score (nSPS) is 16.6.